The predicted octanol–water partition coefficient (Wildman–Crippen LogP) is 4.53. The fraction of sp³-hybridized carbons (Fsp3) is 0.367. The normalized spacial score (nSPS) is 11.4. The second-order valence-corrected chi connectivity index (χ2v) is 11.5. The van der Waals surface area contributed by atoms with Crippen molar-refractivity contribution in [3.8, 4) is 17.2 Å². The van der Waals surface area contributed by atoms with Gasteiger partial charge in [0.15, 0.2) is 11.5 Å². The summed E-state index contributed by atoms with van der Waals surface area (Å²) in [6.45, 7) is 5.63. The Bertz CT molecular complexity index is 1360. The van der Waals surface area contributed by atoms with Crippen molar-refractivity contribution < 1.29 is 27.4 Å². The third kappa shape index (κ3) is 7.10. The first-order valence-corrected chi connectivity index (χ1v) is 14.1. The van der Waals surface area contributed by atoms with Crippen LogP contribution in [0.2, 0.25) is 0 Å². The summed E-state index contributed by atoms with van der Waals surface area (Å²) < 4.78 is 45.5. The lowest BCUT2D eigenvalue weighted by atomic mass is 10.1. The van der Waals surface area contributed by atoms with E-state index >= 15 is 0 Å². The van der Waals surface area contributed by atoms with E-state index in [0.717, 1.165) is 16.7 Å². The number of benzene rings is 3. The van der Waals surface area contributed by atoms with Gasteiger partial charge in [0.05, 0.1) is 32.8 Å². The molecule has 0 heterocycles. The molecule has 3 rings (SSSR count). The van der Waals surface area contributed by atoms with Gasteiger partial charge in [-0.2, -0.15) is 4.31 Å². The average Bonchev–Trinajstić information content (AvgIpc) is 2.89. The van der Waals surface area contributed by atoms with E-state index in [1.807, 2.05) is 49.4 Å². The van der Waals surface area contributed by atoms with Gasteiger partial charge in [-0.05, 0) is 61.6 Å². The Morgan fingerprint density at radius 3 is 1.90 bits per heavy atom. The fourth-order valence-corrected chi connectivity index (χ4v) is 6.55. The van der Waals surface area contributed by atoms with Crippen molar-refractivity contribution in [1.82, 2.24) is 9.21 Å². The van der Waals surface area contributed by atoms with Gasteiger partial charge in [0, 0.05) is 20.1 Å². The number of carbonyl (C=O) groups excluding carboxylic acids is 1. The van der Waals surface area contributed by atoms with E-state index in [1.165, 1.54) is 30.5 Å². The molecule has 0 aliphatic heterocycles. The van der Waals surface area contributed by atoms with Crippen molar-refractivity contribution in [3.63, 3.8) is 0 Å². The molecule has 3 aromatic carbocycles. The molecule has 1 amide bonds. The smallest absolute Gasteiger partial charge is 0.244 e. The van der Waals surface area contributed by atoms with Crippen LogP contribution in [0.3, 0.4) is 0 Å². The topological polar surface area (TPSA) is 85.4 Å². The lowest BCUT2D eigenvalue weighted by Crippen LogP contribution is -2.42. The number of hydrogen-bond acceptors (Lipinski definition) is 6. The Morgan fingerprint density at radius 1 is 0.821 bits per heavy atom. The van der Waals surface area contributed by atoms with Crippen molar-refractivity contribution in [1.29, 1.82) is 0 Å². The van der Waals surface area contributed by atoms with E-state index in [-0.39, 0.29) is 30.4 Å². The van der Waals surface area contributed by atoms with Gasteiger partial charge < -0.3 is 19.1 Å². The molecule has 210 valence electrons. The summed E-state index contributed by atoms with van der Waals surface area (Å²) >= 11 is 0. The van der Waals surface area contributed by atoms with E-state index in [4.69, 9.17) is 14.2 Å². The number of amides is 1. The lowest BCUT2D eigenvalue weighted by Gasteiger charge is -2.27. The minimum atomic E-state index is -3.95. The van der Waals surface area contributed by atoms with Crippen LogP contribution in [0, 0.1) is 20.8 Å². The molecule has 0 fully saturated rings. The molecule has 0 N–H and O–H groups in total. The highest BCUT2D eigenvalue weighted by Gasteiger charge is 2.30. The van der Waals surface area contributed by atoms with Crippen LogP contribution in [-0.2, 0) is 27.8 Å². The van der Waals surface area contributed by atoms with Gasteiger partial charge >= 0.3 is 0 Å². The molecule has 0 spiro atoms. The molecule has 3 aromatic rings. The number of ether oxygens (including phenoxy) is 3. The Labute approximate surface area is 232 Å². The third-order valence-electron chi connectivity index (χ3n) is 6.58. The molecule has 0 atom stereocenters. The van der Waals surface area contributed by atoms with Crippen molar-refractivity contribution in [3.05, 3.63) is 82.4 Å². The fourth-order valence-electron chi connectivity index (χ4n) is 4.75. The highest BCUT2D eigenvalue weighted by Crippen LogP contribution is 2.38. The molecule has 0 aromatic heterocycles. The number of nitrogens with zero attached hydrogens (tertiary/aromatic N) is 2. The first-order chi connectivity index (χ1) is 18.5. The first kappa shape index (κ1) is 30.0. The van der Waals surface area contributed by atoms with Crippen LogP contribution in [-0.4, -0.2) is 65.0 Å². The quantitative estimate of drug-likeness (QED) is 0.327. The number of aryl methyl sites for hydroxylation is 3. The number of likely N-dealkylation sites (N-methyl/N-ethyl adjacent to an activating group) is 1. The van der Waals surface area contributed by atoms with Gasteiger partial charge in [-0.15, -0.1) is 0 Å². The Balaban J connectivity index is 1.89. The Hall–Kier alpha value is -3.56. The summed E-state index contributed by atoms with van der Waals surface area (Å²) in [7, 11) is 2.28. The zero-order valence-corrected chi connectivity index (χ0v) is 24.6. The van der Waals surface area contributed by atoms with Gasteiger partial charge in [-0.3, -0.25) is 4.79 Å². The van der Waals surface area contributed by atoms with Crippen molar-refractivity contribution in [2.24, 2.45) is 0 Å². The summed E-state index contributed by atoms with van der Waals surface area (Å²) in [5.41, 5.74) is 4.06. The van der Waals surface area contributed by atoms with Gasteiger partial charge in [0.1, 0.15) is 0 Å². The van der Waals surface area contributed by atoms with Gasteiger partial charge in [0.25, 0.3) is 0 Å². The summed E-state index contributed by atoms with van der Waals surface area (Å²) in [5.74, 6) is 1.08. The third-order valence-corrected chi connectivity index (χ3v) is 8.73. The molecule has 0 aliphatic carbocycles. The van der Waals surface area contributed by atoms with Crippen molar-refractivity contribution >= 4 is 15.9 Å². The lowest BCUT2D eigenvalue weighted by molar-refractivity contribution is -0.130. The largest absolute Gasteiger partial charge is 0.493 e. The number of hydrogen-bond donors (Lipinski definition) is 0. The van der Waals surface area contributed by atoms with Crippen LogP contribution in [0.1, 0.15) is 27.8 Å². The molecule has 0 saturated carbocycles. The number of rotatable bonds is 12. The zero-order chi connectivity index (χ0) is 28.7. The minimum absolute atomic E-state index is 0.170. The summed E-state index contributed by atoms with van der Waals surface area (Å²) in [4.78, 5) is 15.2. The van der Waals surface area contributed by atoms with E-state index in [1.54, 1.807) is 33.0 Å². The maximum absolute atomic E-state index is 14.0. The maximum Gasteiger partial charge on any atom is 0.244 e. The molecule has 39 heavy (non-hydrogen) atoms. The maximum atomic E-state index is 14.0. The van der Waals surface area contributed by atoms with E-state index < -0.39 is 10.0 Å². The van der Waals surface area contributed by atoms with Gasteiger partial charge in [-0.1, -0.05) is 48.0 Å². The zero-order valence-electron chi connectivity index (χ0n) is 23.8. The molecule has 9 heteroatoms. The Kier molecular flexibility index (Phi) is 9.99. The van der Waals surface area contributed by atoms with Crippen LogP contribution in [0.25, 0.3) is 0 Å². The van der Waals surface area contributed by atoms with Crippen LogP contribution in [0.15, 0.2) is 59.5 Å². The Morgan fingerprint density at radius 2 is 1.38 bits per heavy atom. The van der Waals surface area contributed by atoms with Crippen LogP contribution < -0.4 is 14.2 Å². The summed E-state index contributed by atoms with van der Waals surface area (Å²) in [5, 5.41) is 0. The predicted molar refractivity (Wildman–Crippen MR) is 152 cm³/mol. The second-order valence-electron chi connectivity index (χ2n) is 9.59. The average molecular weight is 555 g/mol. The SMILES string of the molecule is COc1cc(CN(C)C(=O)CN(CCc2ccccc2)S(=O)(=O)c2c(C)cc(C)cc2C)cc(OC)c1OC. The molecule has 0 saturated heterocycles. The van der Waals surface area contributed by atoms with E-state index in [9.17, 15) is 13.2 Å². The highest BCUT2D eigenvalue weighted by atomic mass is 32.2. The summed E-state index contributed by atoms with van der Waals surface area (Å²) in [6, 6.07) is 16.9. The molecule has 0 unspecified atom stereocenters. The standard InChI is InChI=1S/C30H38N2O6S/c1-21-15-22(2)30(23(3)16-21)39(34,35)32(14-13-24-11-9-8-10-12-24)20-28(33)31(4)19-25-17-26(36-5)29(38-7)27(18-25)37-6/h8-12,15-18H,13-14,19-20H2,1-7H3. The van der Waals surface area contributed by atoms with Crippen LogP contribution in [0.5, 0.6) is 17.2 Å². The number of sulfonamides is 1. The summed E-state index contributed by atoms with van der Waals surface area (Å²) in [6.07, 6.45) is 0.480. The second kappa shape index (κ2) is 13.0. The van der Waals surface area contributed by atoms with E-state index in [0.29, 0.717) is 34.8 Å². The monoisotopic (exact) mass is 554 g/mol. The molecular weight excluding hydrogens is 516 g/mol. The van der Waals surface area contributed by atoms with Crippen molar-refractivity contribution in [2.45, 2.75) is 38.6 Å². The molecule has 8 nitrogen and oxygen atoms in total. The molecular formula is C30H38N2O6S. The molecule has 0 radical (unpaired) electrons. The minimum Gasteiger partial charge on any atom is -0.493 e. The van der Waals surface area contributed by atoms with Crippen molar-refractivity contribution in [2.75, 3.05) is 41.5 Å². The molecule has 0 aliphatic rings. The van der Waals surface area contributed by atoms with Crippen LogP contribution >= 0.6 is 0 Å². The van der Waals surface area contributed by atoms with Gasteiger partial charge in [0.2, 0.25) is 21.7 Å². The van der Waals surface area contributed by atoms with Crippen LogP contribution in [0.4, 0.5) is 0 Å². The van der Waals surface area contributed by atoms with Gasteiger partial charge in [-0.25, -0.2) is 8.42 Å². The van der Waals surface area contributed by atoms with E-state index in [2.05, 4.69) is 0 Å². The highest BCUT2D eigenvalue weighted by molar-refractivity contribution is 7.89. The first-order valence-electron chi connectivity index (χ1n) is 12.7. The number of methoxy groups -OCH3 is 3. The molecule has 0 bridgehead atoms. The number of carbonyl (C=O) groups is 1.